The molecule has 0 unspecified atom stereocenters. The molecule has 0 amide bonds. The lowest BCUT2D eigenvalue weighted by molar-refractivity contribution is 0.306. The summed E-state index contributed by atoms with van der Waals surface area (Å²) in [6, 6.07) is 22.9. The number of hydrogen-bond acceptors (Lipinski definition) is 1. The van der Waals surface area contributed by atoms with Gasteiger partial charge >= 0.3 is 0 Å². The molecule has 3 aromatic rings. The first-order valence-corrected chi connectivity index (χ1v) is 8.82. The zero-order valence-electron chi connectivity index (χ0n) is 14.8. The fourth-order valence-corrected chi connectivity index (χ4v) is 2.77. The van der Waals surface area contributed by atoms with Crippen LogP contribution in [-0.4, -0.2) is 4.57 Å². The number of benzene rings is 2. The van der Waals surface area contributed by atoms with Crippen molar-refractivity contribution < 1.29 is 4.74 Å². The molecule has 0 aliphatic carbocycles. The molecule has 0 fully saturated rings. The van der Waals surface area contributed by atoms with E-state index in [0.29, 0.717) is 6.61 Å². The average molecular weight is 331 g/mol. The first kappa shape index (κ1) is 17.1. The Hall–Kier alpha value is -2.74. The highest BCUT2D eigenvalue weighted by atomic mass is 16.5. The van der Waals surface area contributed by atoms with Gasteiger partial charge in [0.2, 0.25) is 0 Å². The molecular weight excluding hydrogens is 306 g/mol. The minimum absolute atomic E-state index is 0.613. The lowest BCUT2D eigenvalue weighted by atomic mass is 10.1. The van der Waals surface area contributed by atoms with Gasteiger partial charge in [0.15, 0.2) is 0 Å². The van der Waals surface area contributed by atoms with Crippen LogP contribution < -0.4 is 4.74 Å². The van der Waals surface area contributed by atoms with E-state index in [9.17, 15) is 0 Å². The van der Waals surface area contributed by atoms with Gasteiger partial charge in [0.25, 0.3) is 0 Å². The van der Waals surface area contributed by atoms with E-state index in [-0.39, 0.29) is 0 Å². The Kier molecular flexibility index (Phi) is 6.11. The Morgan fingerprint density at radius 1 is 0.840 bits per heavy atom. The first-order valence-electron chi connectivity index (χ1n) is 8.82. The third kappa shape index (κ3) is 5.39. The summed E-state index contributed by atoms with van der Waals surface area (Å²) < 4.78 is 7.99. The Morgan fingerprint density at radius 2 is 1.64 bits per heavy atom. The SMILES string of the molecule is Cn1cccc1CC=CCCc1ccc(OCc2ccccc2)cc1. The fourth-order valence-electron chi connectivity index (χ4n) is 2.77. The number of aromatic nitrogens is 1. The van der Waals surface area contributed by atoms with Gasteiger partial charge in [-0.1, -0.05) is 54.6 Å². The van der Waals surface area contributed by atoms with Crippen molar-refractivity contribution in [3.8, 4) is 5.75 Å². The van der Waals surface area contributed by atoms with Crippen LogP contribution in [0.3, 0.4) is 0 Å². The molecule has 0 bridgehead atoms. The summed E-state index contributed by atoms with van der Waals surface area (Å²) in [4.78, 5) is 0. The topological polar surface area (TPSA) is 14.2 Å². The van der Waals surface area contributed by atoms with Crippen LogP contribution >= 0.6 is 0 Å². The van der Waals surface area contributed by atoms with Gasteiger partial charge in [-0.15, -0.1) is 0 Å². The van der Waals surface area contributed by atoms with Crippen LogP contribution in [0, 0.1) is 0 Å². The number of hydrogen-bond donors (Lipinski definition) is 0. The molecule has 0 N–H and O–H groups in total. The fraction of sp³-hybridized carbons (Fsp3) is 0.217. The summed E-state index contributed by atoms with van der Waals surface area (Å²) in [6.07, 6.45) is 9.73. The predicted molar refractivity (Wildman–Crippen MR) is 104 cm³/mol. The van der Waals surface area contributed by atoms with Crippen LogP contribution in [0.25, 0.3) is 0 Å². The highest BCUT2D eigenvalue weighted by molar-refractivity contribution is 5.28. The van der Waals surface area contributed by atoms with E-state index in [4.69, 9.17) is 4.74 Å². The van der Waals surface area contributed by atoms with Gasteiger partial charge in [-0.05, 0) is 48.2 Å². The van der Waals surface area contributed by atoms with Crippen molar-refractivity contribution in [1.82, 2.24) is 4.57 Å². The average Bonchev–Trinajstić information content (AvgIpc) is 3.06. The normalized spacial score (nSPS) is 11.1. The molecule has 25 heavy (non-hydrogen) atoms. The van der Waals surface area contributed by atoms with Crippen molar-refractivity contribution in [1.29, 1.82) is 0 Å². The third-order valence-electron chi connectivity index (χ3n) is 4.32. The van der Waals surface area contributed by atoms with E-state index in [1.165, 1.54) is 16.8 Å². The quantitative estimate of drug-likeness (QED) is 0.508. The van der Waals surface area contributed by atoms with Crippen molar-refractivity contribution in [2.45, 2.75) is 25.9 Å². The zero-order chi connectivity index (χ0) is 17.3. The molecule has 0 aliphatic rings. The number of rotatable bonds is 8. The molecule has 0 spiro atoms. The van der Waals surface area contributed by atoms with Crippen LogP contribution in [0.1, 0.15) is 23.2 Å². The molecule has 0 saturated heterocycles. The van der Waals surface area contributed by atoms with Gasteiger partial charge in [0.05, 0.1) is 0 Å². The summed E-state index contributed by atoms with van der Waals surface area (Å²) in [5.41, 5.74) is 3.88. The monoisotopic (exact) mass is 331 g/mol. The van der Waals surface area contributed by atoms with Gasteiger partial charge in [-0.25, -0.2) is 0 Å². The maximum atomic E-state index is 5.83. The molecule has 0 atom stereocenters. The van der Waals surface area contributed by atoms with Crippen LogP contribution in [0.4, 0.5) is 0 Å². The molecule has 0 aliphatic heterocycles. The van der Waals surface area contributed by atoms with Crippen molar-refractivity contribution >= 4 is 0 Å². The molecular formula is C23H25NO. The smallest absolute Gasteiger partial charge is 0.119 e. The van der Waals surface area contributed by atoms with E-state index in [1.54, 1.807) is 0 Å². The highest BCUT2D eigenvalue weighted by Crippen LogP contribution is 2.15. The van der Waals surface area contributed by atoms with Gasteiger partial charge < -0.3 is 9.30 Å². The van der Waals surface area contributed by atoms with E-state index in [1.807, 2.05) is 18.2 Å². The van der Waals surface area contributed by atoms with Gasteiger partial charge in [-0.3, -0.25) is 0 Å². The Balaban J connectivity index is 1.41. The minimum Gasteiger partial charge on any atom is -0.489 e. The van der Waals surface area contributed by atoms with E-state index in [2.05, 4.69) is 78.5 Å². The molecule has 2 heteroatoms. The molecule has 128 valence electrons. The molecule has 2 nitrogen and oxygen atoms in total. The first-order chi connectivity index (χ1) is 12.3. The lowest BCUT2D eigenvalue weighted by Crippen LogP contribution is -1.95. The largest absolute Gasteiger partial charge is 0.489 e. The second kappa shape index (κ2) is 8.93. The van der Waals surface area contributed by atoms with Crippen molar-refractivity contribution in [3.05, 3.63) is 102 Å². The van der Waals surface area contributed by atoms with Gasteiger partial charge in [0.1, 0.15) is 12.4 Å². The Bertz CT molecular complexity index is 784. The van der Waals surface area contributed by atoms with Crippen LogP contribution in [0.5, 0.6) is 5.75 Å². The highest BCUT2D eigenvalue weighted by Gasteiger charge is 1.97. The maximum Gasteiger partial charge on any atom is 0.119 e. The molecule has 3 rings (SSSR count). The van der Waals surface area contributed by atoms with Crippen LogP contribution in [0.15, 0.2) is 85.1 Å². The summed E-state index contributed by atoms with van der Waals surface area (Å²) in [5, 5.41) is 0. The second-order valence-corrected chi connectivity index (χ2v) is 6.24. The number of nitrogens with zero attached hydrogens (tertiary/aromatic N) is 1. The second-order valence-electron chi connectivity index (χ2n) is 6.24. The predicted octanol–water partition coefficient (Wildman–Crippen LogP) is 5.34. The summed E-state index contributed by atoms with van der Waals surface area (Å²) in [5.74, 6) is 0.923. The standard InChI is InChI=1S/C23H25NO/c1-24-18-8-13-22(24)12-7-3-4-9-20-14-16-23(17-15-20)25-19-21-10-5-2-6-11-21/h2-3,5-8,10-11,13-18H,4,9,12,19H2,1H3. The molecule has 0 radical (unpaired) electrons. The Morgan fingerprint density at radius 3 is 2.36 bits per heavy atom. The zero-order valence-corrected chi connectivity index (χ0v) is 14.8. The Labute approximate surface area is 150 Å². The van der Waals surface area contributed by atoms with E-state index >= 15 is 0 Å². The maximum absolute atomic E-state index is 5.83. The molecule has 1 heterocycles. The van der Waals surface area contributed by atoms with Crippen LogP contribution in [0.2, 0.25) is 0 Å². The number of ether oxygens (including phenoxy) is 1. The number of allylic oxidation sites excluding steroid dienone is 2. The van der Waals surface area contributed by atoms with Crippen molar-refractivity contribution in [2.75, 3.05) is 0 Å². The summed E-state index contributed by atoms with van der Waals surface area (Å²) in [7, 11) is 2.09. The van der Waals surface area contributed by atoms with Crippen molar-refractivity contribution in [3.63, 3.8) is 0 Å². The third-order valence-corrected chi connectivity index (χ3v) is 4.32. The van der Waals surface area contributed by atoms with Crippen LogP contribution in [-0.2, 0) is 26.5 Å². The van der Waals surface area contributed by atoms with Crippen molar-refractivity contribution in [2.24, 2.45) is 7.05 Å². The van der Waals surface area contributed by atoms with Gasteiger partial charge in [0, 0.05) is 25.4 Å². The molecule has 1 aromatic heterocycles. The van der Waals surface area contributed by atoms with E-state index < -0.39 is 0 Å². The van der Waals surface area contributed by atoms with E-state index in [0.717, 1.165) is 25.0 Å². The molecule has 0 saturated carbocycles. The number of aryl methyl sites for hydroxylation is 2. The van der Waals surface area contributed by atoms with Gasteiger partial charge in [-0.2, -0.15) is 0 Å². The minimum atomic E-state index is 0.613. The lowest BCUT2D eigenvalue weighted by Gasteiger charge is -2.07. The molecule has 2 aromatic carbocycles. The summed E-state index contributed by atoms with van der Waals surface area (Å²) in [6.45, 7) is 0.613. The summed E-state index contributed by atoms with van der Waals surface area (Å²) >= 11 is 0.